The van der Waals surface area contributed by atoms with Crippen LogP contribution in [0.15, 0.2) is 0 Å². The number of nitrogens with zero attached hydrogens (tertiary/aromatic N) is 2. The normalized spacial score (nSPS) is 17.6. The molecule has 0 aromatic heterocycles. The van der Waals surface area contributed by atoms with E-state index < -0.39 is 0 Å². The first-order valence-electron chi connectivity index (χ1n) is 17.1. The highest BCUT2D eigenvalue weighted by atomic mass is 16.5. The number of ether oxygens (including phenoxy) is 2. The molecule has 0 spiro atoms. The maximum Gasteiger partial charge on any atom is 0.307 e. The number of nitrogens with two attached hydrogens (primary N) is 1. The fourth-order valence-electron chi connectivity index (χ4n) is 5.99. The van der Waals surface area contributed by atoms with Crippen LogP contribution in [0, 0.1) is 17.3 Å². The summed E-state index contributed by atoms with van der Waals surface area (Å²) in [5, 5.41) is 0. The van der Waals surface area contributed by atoms with E-state index >= 15 is 0 Å². The number of carbonyl (C=O) groups is 2. The van der Waals surface area contributed by atoms with Crippen LogP contribution in [-0.4, -0.2) is 81.3 Å². The zero-order valence-corrected chi connectivity index (χ0v) is 27.7. The highest BCUT2D eigenvalue weighted by Crippen LogP contribution is 2.27. The molecule has 2 N–H and O–H groups in total. The van der Waals surface area contributed by atoms with Crippen molar-refractivity contribution < 1.29 is 19.1 Å². The summed E-state index contributed by atoms with van der Waals surface area (Å²) in [6, 6.07) is 0. The summed E-state index contributed by atoms with van der Waals surface area (Å²) >= 11 is 0. The predicted octanol–water partition coefficient (Wildman–Crippen LogP) is 6.82. The highest BCUT2D eigenvalue weighted by molar-refractivity contribution is 5.69. The number of hydrogen-bond donors (Lipinski definition) is 1. The van der Waals surface area contributed by atoms with Gasteiger partial charge in [-0.1, -0.05) is 66.2 Å². The quantitative estimate of drug-likeness (QED) is 0.132. The van der Waals surface area contributed by atoms with Gasteiger partial charge in [-0.2, -0.15) is 0 Å². The summed E-state index contributed by atoms with van der Waals surface area (Å²) in [6.07, 6.45) is 18.1. The fraction of sp³-hybridized carbons (Fsp3) is 0.941. The maximum absolute atomic E-state index is 12.1. The molecule has 2 aliphatic heterocycles. The van der Waals surface area contributed by atoms with Crippen molar-refractivity contribution in [3.05, 3.63) is 0 Å². The van der Waals surface area contributed by atoms with Crippen molar-refractivity contribution in [2.45, 2.75) is 130 Å². The summed E-state index contributed by atoms with van der Waals surface area (Å²) in [5.74, 6) is 1.65. The van der Waals surface area contributed by atoms with Crippen LogP contribution in [0.3, 0.4) is 0 Å². The molecule has 0 bridgehead atoms. The molecule has 0 unspecified atom stereocenters. The zero-order valence-electron chi connectivity index (χ0n) is 27.7. The van der Waals surface area contributed by atoms with E-state index in [1.54, 1.807) is 0 Å². The van der Waals surface area contributed by atoms with Crippen LogP contribution in [0.1, 0.15) is 130 Å². The monoisotopic (exact) mass is 582 g/mol. The van der Waals surface area contributed by atoms with Crippen molar-refractivity contribution in [1.29, 1.82) is 0 Å². The Labute approximate surface area is 253 Å². The van der Waals surface area contributed by atoms with Gasteiger partial charge in [0.25, 0.3) is 0 Å². The Kier molecular flexibility index (Phi) is 21.5. The maximum atomic E-state index is 12.1. The topological polar surface area (TPSA) is 85.1 Å². The second-order valence-electron chi connectivity index (χ2n) is 13.5. The highest BCUT2D eigenvalue weighted by Gasteiger charge is 2.22. The largest absolute Gasteiger partial charge is 0.466 e. The number of piperidine rings is 2. The minimum Gasteiger partial charge on any atom is -0.466 e. The molecule has 2 heterocycles. The first-order chi connectivity index (χ1) is 19.7. The molecule has 2 fully saturated rings. The molecule has 0 saturated carbocycles. The van der Waals surface area contributed by atoms with Gasteiger partial charge in [0.05, 0.1) is 26.1 Å². The van der Waals surface area contributed by atoms with Crippen LogP contribution in [0.4, 0.5) is 0 Å². The van der Waals surface area contributed by atoms with Crippen LogP contribution >= 0.6 is 0 Å². The average Bonchev–Trinajstić information content (AvgIpc) is 2.96. The molecule has 0 radical (unpaired) electrons. The van der Waals surface area contributed by atoms with E-state index in [2.05, 4.69) is 43.2 Å². The van der Waals surface area contributed by atoms with Crippen molar-refractivity contribution in [1.82, 2.24) is 9.80 Å². The average molecular weight is 582 g/mol. The Bertz CT molecular complexity index is 651. The number of esters is 2. The van der Waals surface area contributed by atoms with Crippen LogP contribution in [-0.2, 0) is 19.1 Å². The second kappa shape index (κ2) is 23.3. The summed E-state index contributed by atoms with van der Waals surface area (Å²) in [4.78, 5) is 29.0. The summed E-state index contributed by atoms with van der Waals surface area (Å²) in [7, 11) is 1.50. The molecule has 0 atom stereocenters. The number of hydrogen-bond acceptors (Lipinski definition) is 7. The van der Waals surface area contributed by atoms with Gasteiger partial charge in [-0.15, -0.1) is 0 Å². The fourth-order valence-corrected chi connectivity index (χ4v) is 5.99. The van der Waals surface area contributed by atoms with Gasteiger partial charge in [-0.05, 0) is 102 Å². The lowest BCUT2D eigenvalue weighted by atomic mass is 9.87. The van der Waals surface area contributed by atoms with E-state index in [4.69, 9.17) is 9.47 Å². The van der Waals surface area contributed by atoms with Gasteiger partial charge in [0.1, 0.15) is 0 Å². The van der Waals surface area contributed by atoms with Crippen LogP contribution in [0.2, 0.25) is 0 Å². The second-order valence-corrected chi connectivity index (χ2v) is 13.5. The number of rotatable bonds is 19. The Balaban J connectivity index is 0.00000411. The van der Waals surface area contributed by atoms with Gasteiger partial charge in [0.15, 0.2) is 0 Å². The standard InChI is InChI=1S/C33H62N2O4.CH5N/c1-5-6-7-9-27-38-31(36)18-25-34-21-14-29(15-22-34)12-11-13-30-16-23-35(24-17-30)26-19-32(37)39-28-10-8-20-33(2,3)4;1-2/h29-30H,5-28H2,1-4H3;2H2,1H3. The van der Waals surface area contributed by atoms with E-state index in [0.717, 1.165) is 76.8 Å². The molecular formula is C34H67N3O4. The zero-order chi connectivity index (χ0) is 30.3. The lowest BCUT2D eigenvalue weighted by molar-refractivity contribution is -0.145. The molecule has 242 valence electrons. The van der Waals surface area contributed by atoms with Gasteiger partial charge in [-0.25, -0.2) is 0 Å². The first kappa shape index (κ1) is 37.8. The Morgan fingerprint density at radius 3 is 1.54 bits per heavy atom. The minimum absolute atomic E-state index is 0.0262. The minimum atomic E-state index is -0.0309. The third-order valence-corrected chi connectivity index (χ3v) is 8.75. The van der Waals surface area contributed by atoms with Crippen molar-refractivity contribution in [2.24, 2.45) is 23.0 Å². The molecule has 0 aliphatic carbocycles. The van der Waals surface area contributed by atoms with Gasteiger partial charge >= 0.3 is 11.9 Å². The van der Waals surface area contributed by atoms with E-state index in [1.807, 2.05) is 0 Å². The van der Waals surface area contributed by atoms with Crippen LogP contribution in [0.5, 0.6) is 0 Å². The summed E-state index contributed by atoms with van der Waals surface area (Å²) < 4.78 is 10.8. The van der Waals surface area contributed by atoms with Crippen molar-refractivity contribution in [3.8, 4) is 0 Å². The lowest BCUT2D eigenvalue weighted by Gasteiger charge is -2.33. The smallest absolute Gasteiger partial charge is 0.307 e. The molecule has 2 rings (SSSR count). The molecule has 7 nitrogen and oxygen atoms in total. The molecule has 0 amide bonds. The van der Waals surface area contributed by atoms with E-state index in [0.29, 0.717) is 31.5 Å². The molecule has 2 aliphatic rings. The molecule has 0 aromatic carbocycles. The van der Waals surface area contributed by atoms with Crippen molar-refractivity contribution in [2.75, 3.05) is 59.5 Å². The van der Waals surface area contributed by atoms with Gasteiger partial charge < -0.3 is 25.0 Å². The van der Waals surface area contributed by atoms with Crippen molar-refractivity contribution in [3.63, 3.8) is 0 Å². The van der Waals surface area contributed by atoms with E-state index in [-0.39, 0.29) is 11.9 Å². The Morgan fingerprint density at radius 2 is 1.12 bits per heavy atom. The third kappa shape index (κ3) is 20.4. The molecule has 2 saturated heterocycles. The Morgan fingerprint density at radius 1 is 0.683 bits per heavy atom. The Hall–Kier alpha value is -1.18. The van der Waals surface area contributed by atoms with E-state index in [9.17, 15) is 9.59 Å². The number of unbranched alkanes of at least 4 members (excludes halogenated alkanes) is 4. The van der Waals surface area contributed by atoms with Gasteiger partial charge in [0.2, 0.25) is 0 Å². The SMILES string of the molecule is CCCCCCOC(=O)CCN1CCC(CCCC2CCN(CCC(=O)OCCCCC(C)(C)C)CC2)CC1.CN. The van der Waals surface area contributed by atoms with Crippen molar-refractivity contribution >= 4 is 11.9 Å². The van der Waals surface area contributed by atoms with Crippen LogP contribution in [0.25, 0.3) is 0 Å². The molecular weight excluding hydrogens is 514 g/mol. The molecule has 41 heavy (non-hydrogen) atoms. The van der Waals surface area contributed by atoms with E-state index in [1.165, 1.54) is 71.3 Å². The lowest BCUT2D eigenvalue weighted by Crippen LogP contribution is -2.36. The predicted molar refractivity (Wildman–Crippen MR) is 171 cm³/mol. The molecule has 0 aromatic rings. The summed E-state index contributed by atoms with van der Waals surface area (Å²) in [5.41, 5.74) is 4.86. The number of carbonyl (C=O) groups excluding carboxylic acids is 2. The first-order valence-corrected chi connectivity index (χ1v) is 17.1. The van der Waals surface area contributed by atoms with Gasteiger partial charge in [0, 0.05) is 13.1 Å². The van der Waals surface area contributed by atoms with Gasteiger partial charge in [-0.3, -0.25) is 9.59 Å². The number of likely N-dealkylation sites (tertiary alicyclic amines) is 2. The van der Waals surface area contributed by atoms with Crippen LogP contribution < -0.4 is 5.73 Å². The third-order valence-electron chi connectivity index (χ3n) is 8.75. The summed E-state index contributed by atoms with van der Waals surface area (Å²) in [6.45, 7) is 16.4. The molecule has 7 heteroatoms.